The zero-order chi connectivity index (χ0) is 14.6. The highest BCUT2D eigenvalue weighted by Gasteiger charge is 2.26. The predicted octanol–water partition coefficient (Wildman–Crippen LogP) is 2.56. The van der Waals surface area contributed by atoms with Gasteiger partial charge in [0.25, 0.3) is 5.91 Å². The van der Waals surface area contributed by atoms with Gasteiger partial charge in [-0.3, -0.25) is 4.79 Å². The maximum atomic E-state index is 12.2. The standard InChI is InChI=1S/C14H21BrN2O2/c1-14(2,3)12(4-5-18)17-13(19)9-6-10(15)8-11(16)7-9/h6-8,12,18H,4-5,16H2,1-3H3,(H,17,19). The van der Waals surface area contributed by atoms with Crippen LogP contribution in [0.3, 0.4) is 0 Å². The summed E-state index contributed by atoms with van der Waals surface area (Å²) >= 11 is 3.32. The van der Waals surface area contributed by atoms with Crippen LogP contribution in [0.5, 0.6) is 0 Å². The van der Waals surface area contributed by atoms with E-state index in [0.29, 0.717) is 17.7 Å². The summed E-state index contributed by atoms with van der Waals surface area (Å²) in [7, 11) is 0. The first-order chi connectivity index (χ1) is 8.74. The first-order valence-electron chi connectivity index (χ1n) is 6.22. The predicted molar refractivity (Wildman–Crippen MR) is 81.0 cm³/mol. The van der Waals surface area contributed by atoms with Gasteiger partial charge in [0, 0.05) is 28.4 Å². The number of carbonyl (C=O) groups excluding carboxylic acids is 1. The van der Waals surface area contributed by atoms with Gasteiger partial charge in [0.15, 0.2) is 0 Å². The van der Waals surface area contributed by atoms with E-state index in [1.807, 2.05) is 20.8 Å². The molecular weight excluding hydrogens is 308 g/mol. The fourth-order valence-electron chi connectivity index (χ4n) is 1.84. The van der Waals surface area contributed by atoms with Gasteiger partial charge in [0.05, 0.1) is 0 Å². The van der Waals surface area contributed by atoms with Crippen molar-refractivity contribution in [3.05, 3.63) is 28.2 Å². The highest BCUT2D eigenvalue weighted by atomic mass is 79.9. The molecule has 19 heavy (non-hydrogen) atoms. The van der Waals surface area contributed by atoms with E-state index in [1.54, 1.807) is 18.2 Å². The van der Waals surface area contributed by atoms with Crippen LogP contribution in [0.25, 0.3) is 0 Å². The first-order valence-corrected chi connectivity index (χ1v) is 7.01. The molecule has 1 atom stereocenters. The van der Waals surface area contributed by atoms with Gasteiger partial charge in [-0.15, -0.1) is 0 Å². The molecule has 0 aliphatic rings. The number of nitrogens with one attached hydrogen (secondary N) is 1. The molecule has 0 fully saturated rings. The minimum absolute atomic E-state index is 0.0445. The minimum Gasteiger partial charge on any atom is -0.399 e. The quantitative estimate of drug-likeness (QED) is 0.743. The molecule has 0 bridgehead atoms. The SMILES string of the molecule is CC(C)(C)C(CCO)NC(=O)c1cc(N)cc(Br)c1. The Balaban J connectivity index is 2.87. The molecule has 1 aromatic carbocycles. The van der Waals surface area contributed by atoms with Crippen molar-refractivity contribution in [2.24, 2.45) is 5.41 Å². The number of nitrogen functional groups attached to an aromatic ring is 1. The van der Waals surface area contributed by atoms with Crippen LogP contribution in [0.2, 0.25) is 0 Å². The molecule has 0 aromatic heterocycles. The van der Waals surface area contributed by atoms with Gasteiger partial charge < -0.3 is 16.2 Å². The lowest BCUT2D eigenvalue weighted by atomic mass is 9.84. The molecule has 1 rings (SSSR count). The molecule has 0 radical (unpaired) electrons. The smallest absolute Gasteiger partial charge is 0.251 e. The second-order valence-electron chi connectivity index (χ2n) is 5.68. The molecule has 0 spiro atoms. The van der Waals surface area contributed by atoms with Crippen molar-refractivity contribution in [1.82, 2.24) is 5.32 Å². The number of hydrogen-bond donors (Lipinski definition) is 3. The van der Waals surface area contributed by atoms with Gasteiger partial charge in [-0.25, -0.2) is 0 Å². The van der Waals surface area contributed by atoms with Crippen LogP contribution >= 0.6 is 15.9 Å². The van der Waals surface area contributed by atoms with E-state index in [4.69, 9.17) is 10.8 Å². The van der Waals surface area contributed by atoms with E-state index in [0.717, 1.165) is 4.47 Å². The van der Waals surface area contributed by atoms with E-state index in [9.17, 15) is 4.79 Å². The highest BCUT2D eigenvalue weighted by Crippen LogP contribution is 2.23. The van der Waals surface area contributed by atoms with Crippen molar-refractivity contribution in [3.63, 3.8) is 0 Å². The molecule has 5 heteroatoms. The van der Waals surface area contributed by atoms with E-state index < -0.39 is 0 Å². The van der Waals surface area contributed by atoms with Gasteiger partial charge in [-0.2, -0.15) is 0 Å². The first kappa shape index (κ1) is 16.0. The Morgan fingerprint density at radius 3 is 2.53 bits per heavy atom. The number of carbonyl (C=O) groups is 1. The van der Waals surface area contributed by atoms with Crippen LogP contribution in [0, 0.1) is 5.41 Å². The fourth-order valence-corrected chi connectivity index (χ4v) is 2.35. The van der Waals surface area contributed by atoms with Crippen LogP contribution < -0.4 is 11.1 Å². The van der Waals surface area contributed by atoms with Crippen LogP contribution in [-0.4, -0.2) is 23.7 Å². The Bertz CT molecular complexity index is 435. The minimum atomic E-state index is -0.179. The molecule has 0 aliphatic heterocycles. The van der Waals surface area contributed by atoms with E-state index >= 15 is 0 Å². The molecule has 0 saturated heterocycles. The molecule has 1 aromatic rings. The van der Waals surface area contributed by atoms with Gasteiger partial charge >= 0.3 is 0 Å². The summed E-state index contributed by atoms with van der Waals surface area (Å²) in [6.45, 7) is 6.14. The Kier molecular flexibility index (Phi) is 5.38. The summed E-state index contributed by atoms with van der Waals surface area (Å²) in [6, 6.07) is 5.01. The van der Waals surface area contributed by atoms with Crippen molar-refractivity contribution >= 4 is 27.5 Å². The zero-order valence-corrected chi connectivity index (χ0v) is 13.1. The summed E-state index contributed by atoms with van der Waals surface area (Å²) in [6.07, 6.45) is 0.527. The largest absolute Gasteiger partial charge is 0.399 e. The molecule has 106 valence electrons. The lowest BCUT2D eigenvalue weighted by Gasteiger charge is -2.31. The summed E-state index contributed by atoms with van der Waals surface area (Å²) in [5.74, 6) is -0.179. The third kappa shape index (κ3) is 4.84. The summed E-state index contributed by atoms with van der Waals surface area (Å²) in [5.41, 5.74) is 6.66. The molecule has 4 N–H and O–H groups in total. The number of hydrogen-bond acceptors (Lipinski definition) is 3. The van der Waals surface area contributed by atoms with Crippen molar-refractivity contribution in [2.75, 3.05) is 12.3 Å². The molecule has 0 heterocycles. The zero-order valence-electron chi connectivity index (χ0n) is 11.5. The number of rotatable bonds is 4. The number of halogens is 1. The Hall–Kier alpha value is -1.07. The van der Waals surface area contributed by atoms with Crippen LogP contribution in [-0.2, 0) is 0 Å². The number of aliphatic hydroxyl groups excluding tert-OH is 1. The van der Waals surface area contributed by atoms with Crippen LogP contribution in [0.1, 0.15) is 37.6 Å². The highest BCUT2D eigenvalue weighted by molar-refractivity contribution is 9.10. The number of benzene rings is 1. The maximum Gasteiger partial charge on any atom is 0.251 e. The monoisotopic (exact) mass is 328 g/mol. The summed E-state index contributed by atoms with van der Waals surface area (Å²) < 4.78 is 0.770. The van der Waals surface area contributed by atoms with E-state index in [1.165, 1.54) is 0 Å². The van der Waals surface area contributed by atoms with Crippen molar-refractivity contribution < 1.29 is 9.90 Å². The molecule has 0 saturated carbocycles. The normalized spacial score (nSPS) is 13.1. The number of amides is 1. The fraction of sp³-hybridized carbons (Fsp3) is 0.500. The number of nitrogens with two attached hydrogens (primary N) is 1. The Morgan fingerprint density at radius 2 is 2.05 bits per heavy atom. The molecular formula is C14H21BrN2O2. The van der Waals surface area contributed by atoms with Gasteiger partial charge in [0.2, 0.25) is 0 Å². The average molecular weight is 329 g/mol. The summed E-state index contributed by atoms with van der Waals surface area (Å²) in [5, 5.41) is 12.0. The molecule has 4 nitrogen and oxygen atoms in total. The molecule has 1 amide bonds. The number of aliphatic hydroxyl groups is 1. The van der Waals surface area contributed by atoms with Crippen molar-refractivity contribution in [1.29, 1.82) is 0 Å². The molecule has 0 aliphatic carbocycles. The Morgan fingerprint density at radius 1 is 1.42 bits per heavy atom. The van der Waals surface area contributed by atoms with Crippen molar-refractivity contribution in [3.8, 4) is 0 Å². The maximum absolute atomic E-state index is 12.2. The molecule has 1 unspecified atom stereocenters. The van der Waals surface area contributed by atoms with Gasteiger partial charge in [-0.05, 0) is 30.0 Å². The number of anilines is 1. The Labute approximate surface area is 122 Å². The second kappa shape index (κ2) is 6.39. The van der Waals surface area contributed by atoms with E-state index in [-0.39, 0.29) is 24.0 Å². The van der Waals surface area contributed by atoms with Gasteiger partial charge in [0.1, 0.15) is 0 Å². The second-order valence-corrected chi connectivity index (χ2v) is 6.59. The average Bonchev–Trinajstić information content (AvgIpc) is 2.25. The third-order valence-electron chi connectivity index (χ3n) is 2.95. The van der Waals surface area contributed by atoms with E-state index in [2.05, 4.69) is 21.2 Å². The lowest BCUT2D eigenvalue weighted by molar-refractivity contribution is 0.0885. The topological polar surface area (TPSA) is 75.3 Å². The lowest BCUT2D eigenvalue weighted by Crippen LogP contribution is -2.44. The van der Waals surface area contributed by atoms with Crippen LogP contribution in [0.15, 0.2) is 22.7 Å². The van der Waals surface area contributed by atoms with Gasteiger partial charge in [-0.1, -0.05) is 36.7 Å². The third-order valence-corrected chi connectivity index (χ3v) is 3.41. The van der Waals surface area contributed by atoms with Crippen LogP contribution in [0.4, 0.5) is 5.69 Å². The summed E-state index contributed by atoms with van der Waals surface area (Å²) in [4.78, 5) is 12.2. The van der Waals surface area contributed by atoms with Crippen molar-refractivity contribution in [2.45, 2.75) is 33.2 Å².